The Morgan fingerprint density at radius 3 is 2.46 bits per heavy atom. The normalized spacial score (nSPS) is 13.2. The van der Waals surface area contributed by atoms with Gasteiger partial charge in [0, 0.05) is 29.5 Å². The van der Waals surface area contributed by atoms with Crippen molar-refractivity contribution in [3.8, 4) is 0 Å². The van der Waals surface area contributed by atoms with E-state index in [2.05, 4.69) is 84.0 Å². The Kier molecular flexibility index (Phi) is 5.14. The third-order valence-electron chi connectivity index (χ3n) is 4.78. The lowest BCUT2D eigenvalue weighted by Crippen LogP contribution is -2.12. The minimum Gasteiger partial charge on any atom is -0.361 e. The van der Waals surface area contributed by atoms with E-state index in [1.165, 1.54) is 54.3 Å². The number of aromatic amines is 1. The van der Waals surface area contributed by atoms with E-state index >= 15 is 0 Å². The van der Waals surface area contributed by atoms with Gasteiger partial charge in [-0.15, -0.1) is 0 Å². The highest BCUT2D eigenvalue weighted by molar-refractivity contribution is 5.83. The predicted molar refractivity (Wildman–Crippen MR) is 102 cm³/mol. The van der Waals surface area contributed by atoms with Crippen molar-refractivity contribution in [2.24, 2.45) is 0 Å². The summed E-state index contributed by atoms with van der Waals surface area (Å²) < 4.78 is 4.44. The summed E-state index contributed by atoms with van der Waals surface area (Å²) in [6.07, 6.45) is 12.1. The van der Waals surface area contributed by atoms with Crippen LogP contribution >= 0.6 is 0 Å². The first-order valence-electron chi connectivity index (χ1n) is 9.06. The van der Waals surface area contributed by atoms with Gasteiger partial charge in [-0.2, -0.15) is 0 Å². The molecule has 1 aromatic carbocycles. The second kappa shape index (κ2) is 7.31. The lowest BCUT2D eigenvalue weighted by Gasteiger charge is -2.08. The highest BCUT2D eigenvalue weighted by Gasteiger charge is 2.28. The maximum absolute atomic E-state index is 3.35. The number of fused-ring (bicyclic) bond motifs is 2. The van der Waals surface area contributed by atoms with Gasteiger partial charge >= 0.3 is 0 Å². The summed E-state index contributed by atoms with van der Waals surface area (Å²) >= 11 is 0. The molecule has 0 spiro atoms. The summed E-state index contributed by atoms with van der Waals surface area (Å²) in [5, 5.41) is 1.40. The first-order valence-corrected chi connectivity index (χ1v) is 9.06. The molecule has 1 aliphatic heterocycles. The van der Waals surface area contributed by atoms with Gasteiger partial charge in [-0.25, -0.2) is 0 Å². The van der Waals surface area contributed by atoms with Crippen LogP contribution in [0.1, 0.15) is 43.5 Å². The fourth-order valence-electron chi connectivity index (χ4n) is 3.28. The summed E-state index contributed by atoms with van der Waals surface area (Å²) in [7, 11) is 4.27. The molecule has 4 nitrogen and oxygen atoms in total. The Labute approximate surface area is 145 Å². The van der Waals surface area contributed by atoms with Crippen LogP contribution in [0.25, 0.3) is 10.9 Å². The molecule has 0 bridgehead atoms. The Hall–Kier alpha value is -1.94. The van der Waals surface area contributed by atoms with Crippen molar-refractivity contribution in [1.82, 2.24) is 19.2 Å². The fourth-order valence-corrected chi connectivity index (χ4v) is 3.28. The predicted octanol–water partition coefficient (Wildman–Crippen LogP) is 4.42. The molecule has 0 unspecified atom stereocenters. The lowest BCUT2D eigenvalue weighted by atomic mass is 10.1. The van der Waals surface area contributed by atoms with E-state index in [9.17, 15) is 0 Å². The molecule has 4 heteroatoms. The lowest BCUT2D eigenvalue weighted by molar-refractivity contribution is 0.394. The van der Waals surface area contributed by atoms with E-state index in [4.69, 9.17) is 0 Å². The van der Waals surface area contributed by atoms with Gasteiger partial charge in [-0.1, -0.05) is 18.6 Å². The van der Waals surface area contributed by atoms with E-state index in [0.717, 1.165) is 6.17 Å². The van der Waals surface area contributed by atoms with Gasteiger partial charge in [-0.3, -0.25) is 9.36 Å². The SMILES string of the molecule is CCC1n2ccn21.Cc1ccc2[nH]cc(CCCCN(C)C)c2c1. The first kappa shape index (κ1) is 16.9. The third kappa shape index (κ3) is 3.75. The second-order valence-corrected chi connectivity index (χ2v) is 7.07. The molecule has 1 aliphatic rings. The molecule has 3 heterocycles. The molecule has 0 saturated carbocycles. The molecule has 24 heavy (non-hydrogen) atoms. The quantitative estimate of drug-likeness (QED) is 0.667. The largest absolute Gasteiger partial charge is 0.361 e. The zero-order valence-electron chi connectivity index (χ0n) is 15.4. The van der Waals surface area contributed by atoms with Gasteiger partial charge < -0.3 is 9.88 Å². The maximum Gasteiger partial charge on any atom is 0.139 e. The Morgan fingerprint density at radius 2 is 1.88 bits per heavy atom. The molecule has 0 atom stereocenters. The fraction of sp³-hybridized carbons (Fsp3) is 0.500. The van der Waals surface area contributed by atoms with Gasteiger partial charge in [0.1, 0.15) is 6.17 Å². The minimum atomic E-state index is 0.736. The number of benzene rings is 1. The summed E-state index contributed by atoms with van der Waals surface area (Å²) in [5.74, 6) is 0. The molecular weight excluding hydrogens is 296 g/mol. The molecule has 130 valence electrons. The topological polar surface area (TPSA) is 28.9 Å². The second-order valence-electron chi connectivity index (χ2n) is 7.07. The summed E-state index contributed by atoms with van der Waals surface area (Å²) in [5.41, 5.74) is 4.06. The minimum absolute atomic E-state index is 0.736. The van der Waals surface area contributed by atoms with Crippen LogP contribution < -0.4 is 0 Å². The van der Waals surface area contributed by atoms with Gasteiger partial charge in [-0.05, 0) is 70.9 Å². The van der Waals surface area contributed by atoms with Crippen molar-refractivity contribution in [3.63, 3.8) is 0 Å². The van der Waals surface area contributed by atoms with Gasteiger partial charge in [0.25, 0.3) is 0 Å². The van der Waals surface area contributed by atoms with Crippen molar-refractivity contribution < 1.29 is 0 Å². The molecule has 0 saturated heterocycles. The van der Waals surface area contributed by atoms with Crippen molar-refractivity contribution in [2.75, 3.05) is 20.6 Å². The molecule has 1 N–H and O–H groups in total. The molecular formula is C20H30N4. The average Bonchev–Trinajstić information content (AvgIpc) is 2.87. The number of nitrogens with one attached hydrogen (secondary N) is 1. The first-order chi connectivity index (χ1) is 11.6. The van der Waals surface area contributed by atoms with Crippen LogP contribution in [-0.4, -0.2) is 39.9 Å². The van der Waals surface area contributed by atoms with Crippen molar-refractivity contribution in [2.45, 2.75) is 45.7 Å². The van der Waals surface area contributed by atoms with Gasteiger partial charge in [0.2, 0.25) is 0 Å². The van der Waals surface area contributed by atoms with Gasteiger partial charge in [0.05, 0.1) is 0 Å². The van der Waals surface area contributed by atoms with Crippen molar-refractivity contribution in [1.29, 1.82) is 0 Å². The summed E-state index contributed by atoms with van der Waals surface area (Å²) in [6.45, 7) is 5.54. The molecule has 2 aromatic heterocycles. The van der Waals surface area contributed by atoms with Crippen molar-refractivity contribution >= 4 is 10.9 Å². The Morgan fingerprint density at radius 1 is 1.12 bits per heavy atom. The molecule has 3 aromatic rings. The highest BCUT2D eigenvalue weighted by atomic mass is 15.7. The van der Waals surface area contributed by atoms with E-state index in [1.54, 1.807) is 0 Å². The molecule has 0 radical (unpaired) electrons. The summed E-state index contributed by atoms with van der Waals surface area (Å²) in [6, 6.07) is 6.62. The van der Waals surface area contributed by atoms with Gasteiger partial charge in [0.15, 0.2) is 0 Å². The average molecular weight is 326 g/mol. The highest BCUT2D eigenvalue weighted by Crippen LogP contribution is 2.29. The van der Waals surface area contributed by atoms with E-state index < -0.39 is 0 Å². The summed E-state index contributed by atoms with van der Waals surface area (Å²) in [4.78, 5) is 5.60. The third-order valence-corrected chi connectivity index (χ3v) is 4.78. The molecule has 0 amide bonds. The zero-order chi connectivity index (χ0) is 17.1. The van der Waals surface area contributed by atoms with E-state index in [0.29, 0.717) is 0 Å². The van der Waals surface area contributed by atoms with Crippen LogP contribution in [0.2, 0.25) is 0 Å². The smallest absolute Gasteiger partial charge is 0.139 e. The van der Waals surface area contributed by atoms with Crippen LogP contribution in [0.5, 0.6) is 0 Å². The van der Waals surface area contributed by atoms with E-state index in [1.807, 2.05) is 0 Å². The van der Waals surface area contributed by atoms with Crippen LogP contribution in [0.3, 0.4) is 0 Å². The van der Waals surface area contributed by atoms with E-state index in [-0.39, 0.29) is 0 Å². The van der Waals surface area contributed by atoms with Crippen molar-refractivity contribution in [3.05, 3.63) is 47.9 Å². The van der Waals surface area contributed by atoms with Crippen LogP contribution in [-0.2, 0) is 6.42 Å². The number of nitrogens with zero attached hydrogens (tertiary/aromatic N) is 3. The molecule has 0 fully saturated rings. The number of hydrogen-bond acceptors (Lipinski definition) is 1. The Bertz CT molecular complexity index is 757. The number of rotatable bonds is 6. The van der Waals surface area contributed by atoms with Crippen LogP contribution in [0.4, 0.5) is 0 Å². The number of unbranched alkanes of at least 4 members (excludes halogenated alkanes) is 1. The standard InChI is InChI=1S/C15H22N2.C5H8N2/c1-12-7-8-15-14(10-12)13(11-16-15)6-4-5-9-17(2)3;1-2-5-6-3-4-7(5)6/h7-8,10-11,16H,4-6,9H2,1-3H3;3-5H,2H2,1H3. The maximum atomic E-state index is 3.35. The van der Waals surface area contributed by atoms with Crippen LogP contribution in [0, 0.1) is 6.92 Å². The Balaban J connectivity index is 0.000000198. The number of H-pyrrole nitrogens is 1. The molecule has 0 aliphatic carbocycles. The number of aryl methyl sites for hydroxylation is 2. The van der Waals surface area contributed by atoms with Crippen LogP contribution in [0.15, 0.2) is 36.8 Å². The monoisotopic (exact) mass is 326 g/mol. The molecule has 4 rings (SSSR count). The zero-order valence-corrected chi connectivity index (χ0v) is 15.4. The number of hydrogen-bond donors (Lipinski definition) is 1. The number of aromatic nitrogens is 3.